The van der Waals surface area contributed by atoms with Crippen LogP contribution in [0.5, 0.6) is 5.75 Å². The molecule has 4 nitrogen and oxygen atoms in total. The first-order chi connectivity index (χ1) is 9.67. The van der Waals surface area contributed by atoms with Crippen molar-refractivity contribution in [1.82, 2.24) is 4.98 Å². The number of aromatic carboxylic acids is 1. The third-order valence-corrected chi connectivity index (χ3v) is 4.40. The van der Waals surface area contributed by atoms with Crippen molar-refractivity contribution in [3.8, 4) is 5.75 Å². The average molecular weight is 289 g/mol. The summed E-state index contributed by atoms with van der Waals surface area (Å²) in [6.07, 6.45) is 2.76. The standard InChI is InChI=1S/C15H15NO3S/c1-19-11-4-2-3-9(7-11)8-12-16-13(10-5-6-10)14(20-12)15(17)18/h2-4,7,10H,5-6,8H2,1H3,(H,17,18). The lowest BCUT2D eigenvalue weighted by atomic mass is 10.1. The molecular weight excluding hydrogens is 274 g/mol. The summed E-state index contributed by atoms with van der Waals surface area (Å²) < 4.78 is 5.20. The van der Waals surface area contributed by atoms with E-state index < -0.39 is 5.97 Å². The van der Waals surface area contributed by atoms with Gasteiger partial charge in [0.15, 0.2) is 0 Å². The first-order valence-corrected chi connectivity index (χ1v) is 7.35. The van der Waals surface area contributed by atoms with Crippen molar-refractivity contribution >= 4 is 17.3 Å². The van der Waals surface area contributed by atoms with Crippen LogP contribution in [0.4, 0.5) is 0 Å². The summed E-state index contributed by atoms with van der Waals surface area (Å²) >= 11 is 1.29. The number of carboxylic acid groups (broad SMARTS) is 1. The molecule has 1 aliphatic carbocycles. The maximum atomic E-state index is 11.3. The van der Waals surface area contributed by atoms with Crippen LogP contribution in [-0.4, -0.2) is 23.2 Å². The van der Waals surface area contributed by atoms with Crippen LogP contribution in [0, 0.1) is 0 Å². The highest BCUT2D eigenvalue weighted by atomic mass is 32.1. The third-order valence-electron chi connectivity index (χ3n) is 3.35. The molecule has 0 aliphatic heterocycles. The minimum absolute atomic E-state index is 0.358. The van der Waals surface area contributed by atoms with E-state index >= 15 is 0 Å². The van der Waals surface area contributed by atoms with E-state index in [1.807, 2.05) is 24.3 Å². The summed E-state index contributed by atoms with van der Waals surface area (Å²) in [4.78, 5) is 16.2. The molecule has 0 atom stereocenters. The fourth-order valence-corrected chi connectivity index (χ4v) is 3.22. The van der Waals surface area contributed by atoms with Crippen LogP contribution in [0.3, 0.4) is 0 Å². The van der Waals surface area contributed by atoms with E-state index in [1.54, 1.807) is 7.11 Å². The predicted molar refractivity (Wildman–Crippen MR) is 76.8 cm³/mol. The van der Waals surface area contributed by atoms with Gasteiger partial charge in [-0.25, -0.2) is 9.78 Å². The molecule has 5 heteroatoms. The number of carboxylic acids is 1. The smallest absolute Gasteiger partial charge is 0.347 e. The first kappa shape index (κ1) is 13.1. The zero-order valence-corrected chi connectivity index (χ0v) is 11.9. The number of thiazole rings is 1. The molecule has 0 saturated heterocycles. The van der Waals surface area contributed by atoms with E-state index in [2.05, 4.69) is 4.98 Å². The van der Waals surface area contributed by atoms with Crippen LogP contribution < -0.4 is 4.74 Å². The molecule has 1 fully saturated rings. The van der Waals surface area contributed by atoms with Gasteiger partial charge in [0.05, 0.1) is 17.8 Å². The molecular formula is C15H15NO3S. The highest BCUT2D eigenvalue weighted by Crippen LogP contribution is 2.42. The monoisotopic (exact) mass is 289 g/mol. The van der Waals surface area contributed by atoms with E-state index in [9.17, 15) is 9.90 Å². The lowest BCUT2D eigenvalue weighted by Gasteiger charge is -2.02. The van der Waals surface area contributed by atoms with Crippen LogP contribution in [0.15, 0.2) is 24.3 Å². The number of hydrogen-bond acceptors (Lipinski definition) is 4. The van der Waals surface area contributed by atoms with E-state index in [4.69, 9.17) is 4.74 Å². The molecule has 0 unspecified atom stereocenters. The number of aromatic nitrogens is 1. The van der Waals surface area contributed by atoms with Gasteiger partial charge in [-0.3, -0.25) is 0 Å². The Labute approximate surface area is 121 Å². The van der Waals surface area contributed by atoms with Gasteiger partial charge in [-0.05, 0) is 30.5 Å². The van der Waals surface area contributed by atoms with Crippen LogP contribution in [-0.2, 0) is 6.42 Å². The number of ether oxygens (including phenoxy) is 1. The quantitative estimate of drug-likeness (QED) is 0.917. The molecule has 1 heterocycles. The maximum Gasteiger partial charge on any atom is 0.347 e. The Morgan fingerprint density at radius 1 is 1.50 bits per heavy atom. The van der Waals surface area contributed by atoms with Gasteiger partial charge in [0.1, 0.15) is 10.6 Å². The fraction of sp³-hybridized carbons (Fsp3) is 0.333. The number of hydrogen-bond donors (Lipinski definition) is 1. The summed E-state index contributed by atoms with van der Waals surface area (Å²) in [5.74, 6) is 0.303. The second-order valence-electron chi connectivity index (χ2n) is 4.93. The Bertz CT molecular complexity index is 646. The molecule has 1 saturated carbocycles. The predicted octanol–water partition coefficient (Wildman–Crippen LogP) is 3.32. The van der Waals surface area contributed by atoms with Gasteiger partial charge in [-0.2, -0.15) is 0 Å². The van der Waals surface area contributed by atoms with Gasteiger partial charge in [0.25, 0.3) is 0 Å². The second-order valence-corrected chi connectivity index (χ2v) is 6.01. The number of rotatable bonds is 5. The Morgan fingerprint density at radius 2 is 2.30 bits per heavy atom. The molecule has 20 heavy (non-hydrogen) atoms. The lowest BCUT2D eigenvalue weighted by Crippen LogP contribution is -1.97. The number of benzene rings is 1. The largest absolute Gasteiger partial charge is 0.497 e. The van der Waals surface area contributed by atoms with Gasteiger partial charge < -0.3 is 9.84 Å². The zero-order chi connectivity index (χ0) is 14.1. The van der Waals surface area contributed by atoms with Crippen molar-refractivity contribution in [2.24, 2.45) is 0 Å². The molecule has 1 aliphatic rings. The molecule has 0 spiro atoms. The van der Waals surface area contributed by atoms with Crippen LogP contribution in [0.25, 0.3) is 0 Å². The van der Waals surface area contributed by atoms with Crippen molar-refractivity contribution in [1.29, 1.82) is 0 Å². The van der Waals surface area contributed by atoms with E-state index in [1.165, 1.54) is 11.3 Å². The highest BCUT2D eigenvalue weighted by molar-refractivity contribution is 7.13. The summed E-state index contributed by atoms with van der Waals surface area (Å²) in [5.41, 5.74) is 1.86. The van der Waals surface area contributed by atoms with Crippen molar-refractivity contribution in [2.45, 2.75) is 25.2 Å². The van der Waals surface area contributed by atoms with Gasteiger partial charge in [-0.1, -0.05) is 12.1 Å². The molecule has 3 rings (SSSR count). The second kappa shape index (κ2) is 5.25. The Kier molecular flexibility index (Phi) is 3.44. The maximum absolute atomic E-state index is 11.3. The normalized spacial score (nSPS) is 14.2. The number of methoxy groups -OCH3 is 1. The molecule has 1 N–H and O–H groups in total. The molecule has 2 aromatic rings. The average Bonchev–Trinajstić information content (AvgIpc) is 3.20. The molecule has 0 bridgehead atoms. The van der Waals surface area contributed by atoms with E-state index in [0.717, 1.165) is 34.9 Å². The van der Waals surface area contributed by atoms with Crippen LogP contribution in [0.1, 0.15) is 44.7 Å². The Balaban J connectivity index is 1.86. The van der Waals surface area contributed by atoms with Crippen molar-refractivity contribution in [3.05, 3.63) is 45.4 Å². The molecule has 0 radical (unpaired) electrons. The Hall–Kier alpha value is -1.88. The fourth-order valence-electron chi connectivity index (χ4n) is 2.20. The molecule has 1 aromatic heterocycles. The van der Waals surface area contributed by atoms with Crippen molar-refractivity contribution in [2.75, 3.05) is 7.11 Å². The van der Waals surface area contributed by atoms with Crippen molar-refractivity contribution in [3.63, 3.8) is 0 Å². The van der Waals surface area contributed by atoms with E-state index in [0.29, 0.717) is 17.2 Å². The van der Waals surface area contributed by atoms with Crippen LogP contribution >= 0.6 is 11.3 Å². The summed E-state index contributed by atoms with van der Waals surface area (Å²) in [6, 6.07) is 7.78. The lowest BCUT2D eigenvalue weighted by molar-refractivity contribution is 0.0700. The summed E-state index contributed by atoms with van der Waals surface area (Å²) in [5, 5.41) is 10.1. The minimum Gasteiger partial charge on any atom is -0.497 e. The summed E-state index contributed by atoms with van der Waals surface area (Å²) in [6.45, 7) is 0. The van der Waals surface area contributed by atoms with E-state index in [-0.39, 0.29) is 0 Å². The third kappa shape index (κ3) is 2.67. The first-order valence-electron chi connectivity index (χ1n) is 6.53. The zero-order valence-electron chi connectivity index (χ0n) is 11.1. The van der Waals surface area contributed by atoms with Gasteiger partial charge >= 0.3 is 5.97 Å². The van der Waals surface area contributed by atoms with Crippen molar-refractivity contribution < 1.29 is 14.6 Å². The number of carbonyl (C=O) groups is 1. The van der Waals surface area contributed by atoms with Gasteiger partial charge in [0, 0.05) is 12.3 Å². The minimum atomic E-state index is -0.860. The topological polar surface area (TPSA) is 59.4 Å². The van der Waals surface area contributed by atoms with Gasteiger partial charge in [-0.15, -0.1) is 11.3 Å². The number of nitrogens with zero attached hydrogens (tertiary/aromatic N) is 1. The molecule has 0 amide bonds. The SMILES string of the molecule is COc1cccc(Cc2nc(C3CC3)c(C(=O)O)s2)c1. The Morgan fingerprint density at radius 3 is 2.95 bits per heavy atom. The highest BCUT2D eigenvalue weighted by Gasteiger charge is 2.31. The van der Waals surface area contributed by atoms with Crippen LogP contribution in [0.2, 0.25) is 0 Å². The molecule has 104 valence electrons. The molecule has 1 aromatic carbocycles. The van der Waals surface area contributed by atoms with Gasteiger partial charge in [0.2, 0.25) is 0 Å². The summed E-state index contributed by atoms with van der Waals surface area (Å²) in [7, 11) is 1.64.